The zero-order valence-electron chi connectivity index (χ0n) is 6.88. The Kier molecular flexibility index (Phi) is 2.21. The maximum absolute atomic E-state index is 5.72. The number of hydrogen-bond acceptors (Lipinski definition) is 2. The Morgan fingerprint density at radius 1 is 1.58 bits per heavy atom. The van der Waals surface area contributed by atoms with Crippen LogP contribution in [-0.4, -0.2) is 11.1 Å². The number of ether oxygens (including phenoxy) is 1. The molecule has 64 valence electrons. The Balaban J connectivity index is 2.26. The van der Waals surface area contributed by atoms with Crippen molar-refractivity contribution in [2.75, 3.05) is 0 Å². The fourth-order valence-electron chi connectivity index (χ4n) is 1.02. The third-order valence-electron chi connectivity index (χ3n) is 1.84. The van der Waals surface area contributed by atoms with Crippen molar-refractivity contribution < 1.29 is 4.74 Å². The lowest BCUT2D eigenvalue weighted by atomic mass is 10.3. The molecule has 0 unspecified atom stereocenters. The summed E-state index contributed by atoms with van der Waals surface area (Å²) in [5, 5.41) is 0. The zero-order chi connectivity index (χ0) is 8.55. The molecule has 1 fully saturated rings. The van der Waals surface area contributed by atoms with E-state index in [4.69, 9.17) is 4.74 Å². The van der Waals surface area contributed by atoms with E-state index in [2.05, 4.69) is 27.6 Å². The summed E-state index contributed by atoms with van der Waals surface area (Å²) in [5.41, 5.74) is 0.994. The summed E-state index contributed by atoms with van der Waals surface area (Å²) in [6.07, 6.45) is 4.67. The molecule has 1 aliphatic rings. The van der Waals surface area contributed by atoms with Crippen LogP contribution in [0.15, 0.2) is 12.3 Å². The fraction of sp³-hybridized carbons (Fsp3) is 0.444. The highest BCUT2D eigenvalue weighted by atomic mass is 127. The number of rotatable bonds is 2. The second-order valence-electron chi connectivity index (χ2n) is 3.02. The summed E-state index contributed by atoms with van der Waals surface area (Å²) in [6.45, 7) is 1.99. The van der Waals surface area contributed by atoms with Crippen molar-refractivity contribution >= 4 is 22.6 Å². The average molecular weight is 275 g/mol. The van der Waals surface area contributed by atoms with Gasteiger partial charge >= 0.3 is 0 Å². The standard InChI is InChI=1S/C9H10INO/c1-6-9(12-7-2-3-7)8(10)4-5-11-6/h4-5,7H,2-3H2,1H3. The molecule has 2 rings (SSSR count). The van der Waals surface area contributed by atoms with E-state index in [1.54, 1.807) is 0 Å². The topological polar surface area (TPSA) is 22.1 Å². The average Bonchev–Trinajstić information content (AvgIpc) is 2.80. The number of halogens is 1. The van der Waals surface area contributed by atoms with E-state index < -0.39 is 0 Å². The van der Waals surface area contributed by atoms with Crippen molar-refractivity contribution in [1.82, 2.24) is 4.98 Å². The molecule has 1 aromatic heterocycles. The highest BCUT2D eigenvalue weighted by Gasteiger charge is 2.25. The molecule has 0 bridgehead atoms. The van der Waals surface area contributed by atoms with Crippen molar-refractivity contribution in [3.63, 3.8) is 0 Å². The molecule has 1 heterocycles. The van der Waals surface area contributed by atoms with E-state index in [0.717, 1.165) is 15.0 Å². The maximum atomic E-state index is 5.72. The lowest BCUT2D eigenvalue weighted by molar-refractivity contribution is 0.297. The molecule has 12 heavy (non-hydrogen) atoms. The van der Waals surface area contributed by atoms with Crippen LogP contribution < -0.4 is 4.74 Å². The van der Waals surface area contributed by atoms with Gasteiger partial charge in [-0.15, -0.1) is 0 Å². The quantitative estimate of drug-likeness (QED) is 0.774. The summed E-state index contributed by atoms with van der Waals surface area (Å²) in [6, 6.07) is 1.98. The van der Waals surface area contributed by atoms with Crippen LogP contribution in [-0.2, 0) is 0 Å². The third-order valence-corrected chi connectivity index (χ3v) is 2.69. The third kappa shape index (κ3) is 1.71. The Bertz CT molecular complexity index is 276. The lowest BCUT2D eigenvalue weighted by Gasteiger charge is -2.08. The minimum atomic E-state index is 0.460. The van der Waals surface area contributed by atoms with Gasteiger partial charge in [-0.2, -0.15) is 0 Å². The van der Waals surface area contributed by atoms with Crippen molar-refractivity contribution in [2.24, 2.45) is 0 Å². The molecule has 0 aliphatic heterocycles. The molecule has 0 amide bonds. The van der Waals surface area contributed by atoms with E-state index in [9.17, 15) is 0 Å². The predicted molar refractivity (Wildman–Crippen MR) is 55.3 cm³/mol. The summed E-state index contributed by atoms with van der Waals surface area (Å²) in [4.78, 5) is 4.19. The van der Waals surface area contributed by atoms with Crippen LogP contribution in [0.1, 0.15) is 18.5 Å². The summed E-state index contributed by atoms with van der Waals surface area (Å²) in [5.74, 6) is 0.973. The van der Waals surface area contributed by atoms with Crippen LogP contribution in [0.3, 0.4) is 0 Å². The number of hydrogen-bond donors (Lipinski definition) is 0. The molecule has 1 aliphatic carbocycles. The molecule has 0 atom stereocenters. The summed E-state index contributed by atoms with van der Waals surface area (Å²) in [7, 11) is 0. The van der Waals surface area contributed by atoms with Crippen LogP contribution in [0.2, 0.25) is 0 Å². The van der Waals surface area contributed by atoms with Gasteiger partial charge in [0.15, 0.2) is 5.75 Å². The predicted octanol–water partition coefficient (Wildman–Crippen LogP) is 2.54. The van der Waals surface area contributed by atoms with Crippen molar-refractivity contribution in [3.8, 4) is 5.75 Å². The molecule has 0 aromatic carbocycles. The first-order valence-corrected chi connectivity index (χ1v) is 5.13. The van der Waals surface area contributed by atoms with E-state index in [1.165, 1.54) is 12.8 Å². The second kappa shape index (κ2) is 3.20. The highest BCUT2D eigenvalue weighted by Crippen LogP contribution is 2.31. The highest BCUT2D eigenvalue weighted by molar-refractivity contribution is 14.1. The first-order chi connectivity index (χ1) is 5.77. The van der Waals surface area contributed by atoms with Crippen LogP contribution >= 0.6 is 22.6 Å². The van der Waals surface area contributed by atoms with E-state index in [1.807, 2.05) is 19.2 Å². The van der Waals surface area contributed by atoms with Crippen LogP contribution in [0.4, 0.5) is 0 Å². The van der Waals surface area contributed by atoms with Gasteiger partial charge in [-0.1, -0.05) is 0 Å². The van der Waals surface area contributed by atoms with Crippen LogP contribution in [0, 0.1) is 10.5 Å². The van der Waals surface area contributed by atoms with Crippen molar-refractivity contribution in [3.05, 3.63) is 21.5 Å². The van der Waals surface area contributed by atoms with Crippen LogP contribution in [0.5, 0.6) is 5.75 Å². The molecule has 3 heteroatoms. The smallest absolute Gasteiger partial charge is 0.154 e. The monoisotopic (exact) mass is 275 g/mol. The van der Waals surface area contributed by atoms with Gasteiger partial charge in [0, 0.05) is 6.20 Å². The molecule has 0 spiro atoms. The Morgan fingerprint density at radius 3 is 2.92 bits per heavy atom. The molecular weight excluding hydrogens is 265 g/mol. The van der Waals surface area contributed by atoms with Gasteiger partial charge in [0.2, 0.25) is 0 Å². The molecule has 2 nitrogen and oxygen atoms in total. The SMILES string of the molecule is Cc1nccc(I)c1OC1CC1. The van der Waals surface area contributed by atoms with Crippen molar-refractivity contribution in [2.45, 2.75) is 25.9 Å². The van der Waals surface area contributed by atoms with Gasteiger partial charge in [0.25, 0.3) is 0 Å². The summed E-state index contributed by atoms with van der Waals surface area (Å²) < 4.78 is 6.88. The largest absolute Gasteiger partial charge is 0.487 e. The first kappa shape index (κ1) is 8.29. The van der Waals surface area contributed by atoms with Gasteiger partial charge in [-0.05, 0) is 48.4 Å². The molecule has 0 radical (unpaired) electrons. The van der Waals surface area contributed by atoms with E-state index >= 15 is 0 Å². The number of pyridine rings is 1. The second-order valence-corrected chi connectivity index (χ2v) is 4.19. The number of aromatic nitrogens is 1. The summed E-state index contributed by atoms with van der Waals surface area (Å²) >= 11 is 2.28. The minimum Gasteiger partial charge on any atom is -0.487 e. The normalized spacial score (nSPS) is 16.2. The van der Waals surface area contributed by atoms with E-state index in [0.29, 0.717) is 6.10 Å². The van der Waals surface area contributed by atoms with Gasteiger partial charge < -0.3 is 4.74 Å². The van der Waals surface area contributed by atoms with Crippen LogP contribution in [0.25, 0.3) is 0 Å². The minimum absolute atomic E-state index is 0.460. The van der Waals surface area contributed by atoms with Gasteiger partial charge in [-0.25, -0.2) is 0 Å². The van der Waals surface area contributed by atoms with Crippen molar-refractivity contribution in [1.29, 1.82) is 0 Å². The van der Waals surface area contributed by atoms with E-state index in [-0.39, 0.29) is 0 Å². The molecule has 1 aromatic rings. The fourth-order valence-corrected chi connectivity index (χ4v) is 1.69. The first-order valence-electron chi connectivity index (χ1n) is 4.05. The Labute approximate surface area is 85.5 Å². The van der Waals surface area contributed by atoms with Gasteiger partial charge in [-0.3, -0.25) is 4.98 Å². The Hall–Kier alpha value is -0.320. The molecule has 0 saturated heterocycles. The number of nitrogens with zero attached hydrogens (tertiary/aromatic N) is 1. The maximum Gasteiger partial charge on any atom is 0.154 e. The van der Waals surface area contributed by atoms with Gasteiger partial charge in [0.05, 0.1) is 15.4 Å². The van der Waals surface area contributed by atoms with Gasteiger partial charge in [0.1, 0.15) is 0 Å². The lowest BCUT2D eigenvalue weighted by Crippen LogP contribution is -2.00. The molecule has 0 N–H and O–H groups in total. The molecule has 1 saturated carbocycles. The molecular formula is C9H10INO. The number of aryl methyl sites for hydroxylation is 1. The Morgan fingerprint density at radius 2 is 2.33 bits per heavy atom. The zero-order valence-corrected chi connectivity index (χ0v) is 9.04.